The van der Waals surface area contributed by atoms with E-state index in [9.17, 15) is 0 Å². The van der Waals surface area contributed by atoms with Crippen LogP contribution in [-0.4, -0.2) is 6.04 Å². The zero-order valence-electron chi connectivity index (χ0n) is 34.5. The molecular formula is C53H49N7. The van der Waals surface area contributed by atoms with Crippen molar-refractivity contribution < 1.29 is 0 Å². The highest BCUT2D eigenvalue weighted by atomic mass is 15.1. The van der Waals surface area contributed by atoms with Gasteiger partial charge in [-0.3, -0.25) is 0 Å². The molecule has 7 nitrogen and oxygen atoms in total. The Morgan fingerprint density at radius 3 is 1.28 bits per heavy atom. The molecule has 9 rings (SSSR count). The minimum absolute atomic E-state index is 0.372. The van der Waals surface area contributed by atoms with Gasteiger partial charge in [-0.15, -0.1) is 25.6 Å². The fraction of sp³-hybridized carbons (Fsp3) is 0.208. The summed E-state index contributed by atoms with van der Waals surface area (Å²) in [6.45, 7) is 6.76. The van der Waals surface area contributed by atoms with Crippen LogP contribution in [0.25, 0.3) is 43.4 Å². The molecule has 60 heavy (non-hydrogen) atoms. The van der Waals surface area contributed by atoms with Gasteiger partial charge in [0.05, 0.1) is 34.1 Å². The zero-order chi connectivity index (χ0) is 40.8. The number of nitrogens with one attached hydrogen (secondary N) is 1. The number of nitrogens with zero attached hydrogens (tertiary/aromatic N) is 6. The number of fused-ring (bicyclic) bond motifs is 3. The van der Waals surface area contributed by atoms with E-state index in [1.807, 2.05) is 72.8 Å². The molecule has 1 N–H and O–H groups in total. The van der Waals surface area contributed by atoms with Gasteiger partial charge in [-0.1, -0.05) is 136 Å². The van der Waals surface area contributed by atoms with Gasteiger partial charge in [0.15, 0.2) is 0 Å². The smallest absolute Gasteiger partial charge is 0.0936 e. The molecule has 0 radical (unpaired) electrons. The van der Waals surface area contributed by atoms with Gasteiger partial charge in [0.2, 0.25) is 0 Å². The van der Waals surface area contributed by atoms with E-state index in [0.717, 1.165) is 84.5 Å². The number of benzene rings is 8. The second kappa shape index (κ2) is 17.6. The lowest BCUT2D eigenvalue weighted by molar-refractivity contribution is 0.348. The van der Waals surface area contributed by atoms with Crippen molar-refractivity contribution in [2.45, 2.75) is 64.8 Å². The van der Waals surface area contributed by atoms with Gasteiger partial charge in [-0.2, -0.15) is 5.11 Å². The molecule has 296 valence electrons. The summed E-state index contributed by atoms with van der Waals surface area (Å²) < 4.78 is 0. The molecule has 0 aliphatic heterocycles. The molecular weight excluding hydrogens is 735 g/mol. The van der Waals surface area contributed by atoms with Crippen LogP contribution in [-0.2, 0) is 0 Å². The van der Waals surface area contributed by atoms with Gasteiger partial charge >= 0.3 is 0 Å². The number of azo groups is 3. The van der Waals surface area contributed by atoms with Crippen molar-refractivity contribution in [3.63, 3.8) is 0 Å². The molecule has 8 aromatic rings. The summed E-state index contributed by atoms with van der Waals surface area (Å²) >= 11 is 0. The average molecular weight is 784 g/mol. The van der Waals surface area contributed by atoms with Gasteiger partial charge in [0, 0.05) is 44.0 Å². The van der Waals surface area contributed by atoms with Gasteiger partial charge in [-0.25, -0.2) is 0 Å². The molecule has 0 amide bonds. The molecule has 1 fully saturated rings. The fourth-order valence-electron chi connectivity index (χ4n) is 8.34. The maximum absolute atomic E-state index is 4.77. The van der Waals surface area contributed by atoms with Gasteiger partial charge in [0.1, 0.15) is 0 Å². The van der Waals surface area contributed by atoms with Gasteiger partial charge in [0.25, 0.3) is 0 Å². The summed E-state index contributed by atoms with van der Waals surface area (Å²) in [5.74, 6) is 1.56. The molecule has 1 aliphatic carbocycles. The Morgan fingerprint density at radius 1 is 0.450 bits per heavy atom. The normalized spacial score (nSPS) is 16.4. The standard InChI is InChI=1S/C53H49N7/c1-4-36(3)54-48-29-30-50(43-12-6-5-11-42(43)48)57-58-52-33-34-53(47-16-10-9-15-46(47)52)60-59-51-32-31-49(44-13-7-8-14-45(44)51)56-55-41-27-25-40(26-28-41)39-23-21-38(22-24-39)37-19-17-35(2)18-20-37/h5-16,21-37,54H,4,17-20H2,1-3H3. The summed E-state index contributed by atoms with van der Waals surface area (Å²) in [4.78, 5) is 0. The Hall–Kier alpha value is -6.86. The minimum atomic E-state index is 0.372. The lowest BCUT2D eigenvalue weighted by Crippen LogP contribution is -2.13. The molecule has 0 spiro atoms. The summed E-state index contributed by atoms with van der Waals surface area (Å²) in [5.41, 5.74) is 9.64. The van der Waals surface area contributed by atoms with Crippen LogP contribution >= 0.6 is 0 Å². The molecule has 7 heteroatoms. The van der Waals surface area contributed by atoms with Crippen molar-refractivity contribution in [3.05, 3.63) is 163 Å². The van der Waals surface area contributed by atoms with E-state index in [1.165, 1.54) is 42.4 Å². The van der Waals surface area contributed by atoms with Crippen LogP contribution < -0.4 is 5.32 Å². The largest absolute Gasteiger partial charge is 0.382 e. The van der Waals surface area contributed by atoms with E-state index in [-0.39, 0.29) is 0 Å². The van der Waals surface area contributed by atoms with Crippen LogP contribution in [0.1, 0.15) is 64.4 Å². The fourth-order valence-corrected chi connectivity index (χ4v) is 8.34. The highest BCUT2D eigenvalue weighted by Gasteiger charge is 2.19. The second-order valence-corrected chi connectivity index (χ2v) is 16.2. The van der Waals surface area contributed by atoms with Crippen LogP contribution in [0.15, 0.2) is 188 Å². The summed E-state index contributed by atoms with van der Waals surface area (Å²) in [6.07, 6.45) is 6.32. The Bertz CT molecular complexity index is 2870. The highest BCUT2D eigenvalue weighted by Crippen LogP contribution is 2.40. The quantitative estimate of drug-likeness (QED) is 0.130. The van der Waals surface area contributed by atoms with E-state index in [1.54, 1.807) is 0 Å². The van der Waals surface area contributed by atoms with Crippen molar-refractivity contribution in [1.29, 1.82) is 0 Å². The Labute approximate surface area is 352 Å². The second-order valence-electron chi connectivity index (χ2n) is 16.2. The lowest BCUT2D eigenvalue weighted by atomic mass is 9.79. The van der Waals surface area contributed by atoms with E-state index in [4.69, 9.17) is 25.6 Å². The predicted octanol–water partition coefficient (Wildman–Crippen LogP) is 17.6. The van der Waals surface area contributed by atoms with E-state index >= 15 is 0 Å². The first kappa shape index (κ1) is 38.6. The first-order chi connectivity index (χ1) is 29.5. The number of hydrogen-bond donors (Lipinski definition) is 1. The molecule has 0 bridgehead atoms. The van der Waals surface area contributed by atoms with Crippen LogP contribution in [0, 0.1) is 5.92 Å². The Morgan fingerprint density at radius 2 is 0.833 bits per heavy atom. The topological polar surface area (TPSA) is 86.2 Å². The zero-order valence-corrected chi connectivity index (χ0v) is 34.5. The summed E-state index contributed by atoms with van der Waals surface area (Å²) in [7, 11) is 0. The third-order valence-corrected chi connectivity index (χ3v) is 12.1. The number of anilines is 1. The maximum Gasteiger partial charge on any atom is 0.0936 e. The third kappa shape index (κ3) is 8.34. The number of hydrogen-bond acceptors (Lipinski definition) is 7. The first-order valence-corrected chi connectivity index (χ1v) is 21.3. The Kier molecular flexibility index (Phi) is 11.3. The molecule has 8 aromatic carbocycles. The molecule has 1 aliphatic rings. The predicted molar refractivity (Wildman–Crippen MR) is 250 cm³/mol. The van der Waals surface area contributed by atoms with Crippen molar-refractivity contribution in [3.8, 4) is 11.1 Å². The Balaban J connectivity index is 0.928. The molecule has 1 unspecified atom stereocenters. The van der Waals surface area contributed by atoms with E-state index in [2.05, 4.69) is 116 Å². The van der Waals surface area contributed by atoms with E-state index < -0.39 is 0 Å². The van der Waals surface area contributed by atoms with E-state index in [0.29, 0.717) is 12.0 Å². The third-order valence-electron chi connectivity index (χ3n) is 12.1. The van der Waals surface area contributed by atoms with Crippen LogP contribution in [0.3, 0.4) is 0 Å². The summed E-state index contributed by atoms with van der Waals surface area (Å²) in [5, 5.41) is 38.0. The first-order valence-electron chi connectivity index (χ1n) is 21.3. The summed E-state index contributed by atoms with van der Waals surface area (Å²) in [6, 6.07) is 54.4. The minimum Gasteiger partial charge on any atom is -0.382 e. The van der Waals surface area contributed by atoms with Crippen LogP contribution in [0.2, 0.25) is 0 Å². The van der Waals surface area contributed by atoms with Crippen molar-refractivity contribution in [2.24, 2.45) is 36.6 Å². The van der Waals surface area contributed by atoms with Crippen LogP contribution in [0.4, 0.5) is 39.8 Å². The monoisotopic (exact) mass is 783 g/mol. The molecule has 1 atom stereocenters. The lowest BCUT2D eigenvalue weighted by Gasteiger charge is -2.26. The van der Waals surface area contributed by atoms with Crippen molar-refractivity contribution in [2.75, 3.05) is 5.32 Å². The number of rotatable bonds is 11. The highest BCUT2D eigenvalue weighted by molar-refractivity contribution is 6.02. The van der Waals surface area contributed by atoms with Crippen molar-refractivity contribution >= 4 is 72.1 Å². The van der Waals surface area contributed by atoms with Gasteiger partial charge in [-0.05, 0) is 103 Å². The molecule has 0 heterocycles. The molecule has 0 aromatic heterocycles. The van der Waals surface area contributed by atoms with Crippen LogP contribution in [0.5, 0.6) is 0 Å². The molecule has 0 saturated heterocycles. The SMILES string of the molecule is CCC(C)Nc1ccc(N=Nc2ccc(N=Nc3ccc(N=Nc4ccc(-c5ccc(C6CCC(C)CC6)cc5)cc4)c4ccccc34)c3ccccc23)c2ccccc12. The van der Waals surface area contributed by atoms with Crippen molar-refractivity contribution in [1.82, 2.24) is 0 Å². The van der Waals surface area contributed by atoms with Gasteiger partial charge < -0.3 is 5.32 Å². The maximum atomic E-state index is 4.77. The molecule has 1 saturated carbocycles. The average Bonchev–Trinajstić information content (AvgIpc) is 3.30.